The van der Waals surface area contributed by atoms with Gasteiger partial charge < -0.3 is 9.32 Å². The Morgan fingerprint density at radius 1 is 0.958 bits per heavy atom. The van der Waals surface area contributed by atoms with E-state index in [-0.39, 0.29) is 5.91 Å². The molecule has 24 heavy (non-hydrogen) atoms. The second-order valence-corrected chi connectivity index (χ2v) is 6.04. The predicted octanol–water partition coefficient (Wildman–Crippen LogP) is 4.74. The maximum absolute atomic E-state index is 13.1. The van der Waals surface area contributed by atoms with Crippen molar-refractivity contribution in [1.29, 1.82) is 0 Å². The summed E-state index contributed by atoms with van der Waals surface area (Å²) >= 11 is 0. The fraction of sp³-hybridized carbons (Fsp3) is 0.190. The van der Waals surface area contributed by atoms with Crippen LogP contribution in [0, 0.1) is 13.8 Å². The minimum atomic E-state index is 0.0211. The zero-order valence-electron chi connectivity index (χ0n) is 14.0. The molecule has 2 aromatic carbocycles. The van der Waals surface area contributed by atoms with Crippen molar-refractivity contribution in [1.82, 2.24) is 4.90 Å². The number of carbonyl (C=O) groups excluding carboxylic acids is 1. The van der Waals surface area contributed by atoms with Gasteiger partial charge in [-0.15, -0.1) is 0 Å². The van der Waals surface area contributed by atoms with E-state index in [1.165, 1.54) is 0 Å². The molecule has 0 spiro atoms. The van der Waals surface area contributed by atoms with Crippen LogP contribution in [0.5, 0.6) is 0 Å². The minimum absolute atomic E-state index is 0.0211. The van der Waals surface area contributed by atoms with Gasteiger partial charge in [-0.25, -0.2) is 0 Å². The van der Waals surface area contributed by atoms with E-state index in [1.54, 1.807) is 6.26 Å². The second-order valence-electron chi connectivity index (χ2n) is 6.04. The molecular formula is C21H21NO2. The maximum Gasteiger partial charge on any atom is 0.254 e. The van der Waals surface area contributed by atoms with Crippen molar-refractivity contribution >= 4 is 5.91 Å². The van der Waals surface area contributed by atoms with E-state index in [0.717, 1.165) is 28.0 Å². The lowest BCUT2D eigenvalue weighted by molar-refractivity contribution is 0.0717. The fourth-order valence-electron chi connectivity index (χ4n) is 2.82. The van der Waals surface area contributed by atoms with E-state index in [0.29, 0.717) is 13.1 Å². The van der Waals surface area contributed by atoms with E-state index >= 15 is 0 Å². The van der Waals surface area contributed by atoms with Crippen LogP contribution in [0.3, 0.4) is 0 Å². The lowest BCUT2D eigenvalue weighted by Gasteiger charge is -2.23. The number of hydrogen-bond donors (Lipinski definition) is 0. The summed E-state index contributed by atoms with van der Waals surface area (Å²) < 4.78 is 5.44. The zero-order valence-corrected chi connectivity index (χ0v) is 14.0. The van der Waals surface area contributed by atoms with Crippen molar-refractivity contribution in [3.8, 4) is 0 Å². The lowest BCUT2D eigenvalue weighted by atomic mass is 10.0. The molecule has 1 aromatic heterocycles. The van der Waals surface area contributed by atoms with E-state index in [2.05, 4.69) is 0 Å². The van der Waals surface area contributed by atoms with Crippen molar-refractivity contribution < 1.29 is 9.21 Å². The van der Waals surface area contributed by atoms with E-state index < -0.39 is 0 Å². The van der Waals surface area contributed by atoms with Crippen molar-refractivity contribution in [2.24, 2.45) is 0 Å². The highest BCUT2D eigenvalue weighted by Gasteiger charge is 2.19. The average molecular weight is 319 g/mol. The van der Waals surface area contributed by atoms with Crippen LogP contribution in [0.2, 0.25) is 0 Å². The van der Waals surface area contributed by atoms with Crippen molar-refractivity contribution in [3.05, 3.63) is 94.9 Å². The van der Waals surface area contributed by atoms with E-state index in [9.17, 15) is 4.79 Å². The molecule has 1 amide bonds. The Morgan fingerprint density at radius 2 is 1.75 bits per heavy atom. The summed E-state index contributed by atoms with van der Waals surface area (Å²) in [6.45, 7) is 5.02. The number of hydrogen-bond acceptors (Lipinski definition) is 2. The predicted molar refractivity (Wildman–Crippen MR) is 94.6 cm³/mol. The largest absolute Gasteiger partial charge is 0.467 e. The summed E-state index contributed by atoms with van der Waals surface area (Å²) in [7, 11) is 0. The van der Waals surface area contributed by atoms with Crippen LogP contribution in [0.1, 0.15) is 32.8 Å². The highest BCUT2D eigenvalue weighted by Crippen LogP contribution is 2.18. The molecule has 3 aromatic rings. The summed E-state index contributed by atoms with van der Waals surface area (Å²) in [5.41, 5.74) is 3.99. The molecule has 0 unspecified atom stereocenters. The van der Waals surface area contributed by atoms with E-state index in [1.807, 2.05) is 79.4 Å². The molecule has 0 aliphatic rings. The van der Waals surface area contributed by atoms with Gasteiger partial charge in [0.05, 0.1) is 12.8 Å². The third kappa shape index (κ3) is 3.74. The van der Waals surface area contributed by atoms with Crippen molar-refractivity contribution in [3.63, 3.8) is 0 Å². The van der Waals surface area contributed by atoms with Crippen LogP contribution < -0.4 is 0 Å². The fourth-order valence-corrected chi connectivity index (χ4v) is 2.82. The van der Waals surface area contributed by atoms with Gasteiger partial charge in [-0.3, -0.25) is 4.79 Å². The van der Waals surface area contributed by atoms with Gasteiger partial charge in [0.2, 0.25) is 0 Å². The molecule has 0 radical (unpaired) electrons. The summed E-state index contributed by atoms with van der Waals surface area (Å²) in [5, 5.41) is 0. The van der Waals surface area contributed by atoms with Gasteiger partial charge in [0.25, 0.3) is 5.91 Å². The first-order chi connectivity index (χ1) is 11.6. The SMILES string of the molecule is Cc1ccc(C(=O)N(Cc2ccccc2)Cc2ccco2)c(C)c1. The van der Waals surface area contributed by atoms with Gasteiger partial charge in [-0.1, -0.05) is 48.0 Å². The molecule has 0 saturated carbocycles. The molecule has 0 aliphatic carbocycles. The first-order valence-corrected chi connectivity index (χ1v) is 8.06. The summed E-state index contributed by atoms with van der Waals surface area (Å²) in [4.78, 5) is 14.9. The molecule has 1 heterocycles. The highest BCUT2D eigenvalue weighted by atomic mass is 16.3. The molecule has 0 saturated heterocycles. The first kappa shape index (κ1) is 16.1. The van der Waals surface area contributed by atoms with Crippen LogP contribution in [0.25, 0.3) is 0 Å². The summed E-state index contributed by atoms with van der Waals surface area (Å²) in [6, 6.07) is 19.7. The Hall–Kier alpha value is -2.81. The molecule has 0 atom stereocenters. The Morgan fingerprint density at radius 3 is 2.42 bits per heavy atom. The van der Waals surface area contributed by atoms with Crippen LogP contribution in [0.4, 0.5) is 0 Å². The number of nitrogens with zero attached hydrogens (tertiary/aromatic N) is 1. The molecule has 3 heteroatoms. The minimum Gasteiger partial charge on any atom is -0.467 e. The Kier molecular flexibility index (Phi) is 4.80. The molecule has 122 valence electrons. The number of aryl methyl sites for hydroxylation is 2. The normalized spacial score (nSPS) is 10.6. The van der Waals surface area contributed by atoms with Crippen molar-refractivity contribution in [2.45, 2.75) is 26.9 Å². The standard InChI is InChI=1S/C21H21NO2/c1-16-10-11-20(17(2)13-16)21(23)22(15-19-9-6-12-24-19)14-18-7-4-3-5-8-18/h3-13H,14-15H2,1-2H3. The van der Waals surface area contributed by atoms with Crippen molar-refractivity contribution in [2.75, 3.05) is 0 Å². The Labute approximate surface area is 142 Å². The number of carbonyl (C=O) groups is 1. The van der Waals surface area contributed by atoms with Crippen LogP contribution in [-0.4, -0.2) is 10.8 Å². The smallest absolute Gasteiger partial charge is 0.254 e. The molecule has 3 nitrogen and oxygen atoms in total. The van der Waals surface area contributed by atoms with Gasteiger partial charge in [0.15, 0.2) is 0 Å². The number of benzene rings is 2. The monoisotopic (exact) mass is 319 g/mol. The summed E-state index contributed by atoms with van der Waals surface area (Å²) in [6.07, 6.45) is 1.64. The van der Waals surface area contributed by atoms with Crippen LogP contribution in [-0.2, 0) is 13.1 Å². The maximum atomic E-state index is 13.1. The molecule has 0 bridgehead atoms. The summed E-state index contributed by atoms with van der Waals surface area (Å²) in [5.74, 6) is 0.803. The molecule has 3 rings (SSSR count). The molecule has 0 fully saturated rings. The first-order valence-electron chi connectivity index (χ1n) is 8.06. The van der Waals surface area contributed by atoms with Gasteiger partial charge in [0.1, 0.15) is 5.76 Å². The average Bonchev–Trinajstić information content (AvgIpc) is 3.08. The third-order valence-electron chi connectivity index (χ3n) is 4.04. The van der Waals surface area contributed by atoms with Gasteiger partial charge in [-0.05, 0) is 43.2 Å². The zero-order chi connectivity index (χ0) is 16.9. The van der Waals surface area contributed by atoms with Gasteiger partial charge in [-0.2, -0.15) is 0 Å². The van der Waals surface area contributed by atoms with E-state index in [4.69, 9.17) is 4.42 Å². The number of rotatable bonds is 5. The molecular weight excluding hydrogens is 298 g/mol. The third-order valence-corrected chi connectivity index (χ3v) is 4.04. The van der Waals surface area contributed by atoms with Gasteiger partial charge >= 0.3 is 0 Å². The number of furan rings is 1. The topological polar surface area (TPSA) is 33.5 Å². The van der Waals surface area contributed by atoms with Gasteiger partial charge in [0, 0.05) is 12.1 Å². The number of amides is 1. The van der Waals surface area contributed by atoms with Crippen LogP contribution >= 0.6 is 0 Å². The van der Waals surface area contributed by atoms with Crippen LogP contribution in [0.15, 0.2) is 71.3 Å². The second kappa shape index (κ2) is 7.18. The molecule has 0 N–H and O–H groups in total. The molecule has 0 aliphatic heterocycles. The highest BCUT2D eigenvalue weighted by molar-refractivity contribution is 5.95. The quantitative estimate of drug-likeness (QED) is 0.680. The Balaban J connectivity index is 1.89. The lowest BCUT2D eigenvalue weighted by Crippen LogP contribution is -2.30. The Bertz CT molecular complexity index is 807.